The van der Waals surface area contributed by atoms with Crippen LogP contribution in [0.2, 0.25) is 0 Å². The monoisotopic (exact) mass is 451 g/mol. The van der Waals surface area contributed by atoms with E-state index in [9.17, 15) is 14.4 Å². The second-order valence-corrected chi connectivity index (χ2v) is 8.84. The highest BCUT2D eigenvalue weighted by molar-refractivity contribution is 6.04. The van der Waals surface area contributed by atoms with Gasteiger partial charge in [-0.1, -0.05) is 11.6 Å². The first-order chi connectivity index (χ1) is 15.8. The van der Waals surface area contributed by atoms with E-state index in [0.29, 0.717) is 35.1 Å². The summed E-state index contributed by atoms with van der Waals surface area (Å²) < 4.78 is 16.7. The molecule has 1 aromatic carbocycles. The number of carbonyl (C=O) groups excluding carboxylic acids is 2. The number of Topliss-reactive ketones (excluding diaryl/α,β-unsaturated/α-hetero) is 1. The Kier molecular flexibility index (Phi) is 6.51. The number of ketones is 1. The number of carbonyl (C=O) groups is 2. The Morgan fingerprint density at radius 2 is 1.97 bits per heavy atom. The minimum Gasteiger partial charge on any atom is -0.464 e. The van der Waals surface area contributed by atoms with Crippen molar-refractivity contribution >= 4 is 22.7 Å². The van der Waals surface area contributed by atoms with Crippen LogP contribution >= 0.6 is 0 Å². The van der Waals surface area contributed by atoms with Crippen LogP contribution in [0.4, 0.5) is 0 Å². The summed E-state index contributed by atoms with van der Waals surface area (Å²) in [6, 6.07) is 5.38. The first-order valence-electron chi connectivity index (χ1n) is 11.3. The SMILES string of the molecule is CC1=C(C(=O)OCCOC(C)C)[C@@H](c2coc3ccc(C)cc3c2=O)C2=C(CCCC2=O)N1. The van der Waals surface area contributed by atoms with E-state index in [1.165, 1.54) is 6.26 Å². The minimum atomic E-state index is -0.839. The van der Waals surface area contributed by atoms with Gasteiger partial charge >= 0.3 is 5.97 Å². The lowest BCUT2D eigenvalue weighted by Crippen LogP contribution is -2.36. The molecule has 2 heterocycles. The molecule has 0 spiro atoms. The van der Waals surface area contributed by atoms with Gasteiger partial charge in [-0.05, 0) is 52.7 Å². The number of hydrogen-bond donors (Lipinski definition) is 1. The van der Waals surface area contributed by atoms with E-state index in [-0.39, 0.29) is 41.7 Å². The number of hydrogen-bond acceptors (Lipinski definition) is 7. The summed E-state index contributed by atoms with van der Waals surface area (Å²) in [5.41, 5.74) is 3.44. The van der Waals surface area contributed by atoms with Gasteiger partial charge in [0.2, 0.25) is 0 Å². The fraction of sp³-hybridized carbons (Fsp3) is 0.423. The summed E-state index contributed by atoms with van der Waals surface area (Å²) in [6.45, 7) is 7.80. The van der Waals surface area contributed by atoms with Gasteiger partial charge in [0.1, 0.15) is 12.2 Å². The molecule has 7 heteroatoms. The molecule has 0 saturated carbocycles. The Hall–Kier alpha value is -3.19. The molecular formula is C26H29NO6. The fourth-order valence-corrected chi connectivity index (χ4v) is 4.52. The first kappa shape index (κ1) is 23.0. The van der Waals surface area contributed by atoms with Crippen molar-refractivity contribution in [2.75, 3.05) is 13.2 Å². The number of rotatable bonds is 6. The molecule has 174 valence electrons. The maximum atomic E-state index is 13.6. The van der Waals surface area contributed by atoms with Gasteiger partial charge in [-0.15, -0.1) is 0 Å². The third-order valence-corrected chi connectivity index (χ3v) is 6.03. The Labute approximate surface area is 192 Å². The molecule has 2 aliphatic rings. The van der Waals surface area contributed by atoms with E-state index in [2.05, 4.69) is 5.32 Å². The van der Waals surface area contributed by atoms with Crippen LogP contribution in [0.25, 0.3) is 11.0 Å². The lowest BCUT2D eigenvalue weighted by Gasteiger charge is -2.33. The lowest BCUT2D eigenvalue weighted by atomic mass is 9.75. The zero-order chi connectivity index (χ0) is 23.7. The van der Waals surface area contributed by atoms with Crippen molar-refractivity contribution in [3.8, 4) is 0 Å². The number of nitrogens with one attached hydrogen (secondary N) is 1. The van der Waals surface area contributed by atoms with E-state index >= 15 is 0 Å². The van der Waals surface area contributed by atoms with Crippen molar-refractivity contribution in [1.29, 1.82) is 0 Å². The van der Waals surface area contributed by atoms with Crippen LogP contribution < -0.4 is 10.7 Å². The number of fused-ring (bicyclic) bond motifs is 1. The number of benzene rings is 1. The van der Waals surface area contributed by atoms with Crippen molar-refractivity contribution in [2.45, 2.75) is 59.0 Å². The Morgan fingerprint density at radius 3 is 2.73 bits per heavy atom. The summed E-state index contributed by atoms with van der Waals surface area (Å²) in [7, 11) is 0. The Balaban J connectivity index is 1.80. The maximum Gasteiger partial charge on any atom is 0.336 e. The topological polar surface area (TPSA) is 94.8 Å². The molecule has 0 saturated heterocycles. The lowest BCUT2D eigenvalue weighted by molar-refractivity contribution is -0.141. The van der Waals surface area contributed by atoms with Gasteiger partial charge in [0.15, 0.2) is 11.2 Å². The standard InChI is InChI=1S/C26H29NO6/c1-14(2)31-10-11-32-26(30)22-16(4)27-19-6-5-7-20(28)24(19)23(22)18-13-33-21-9-8-15(3)12-17(21)25(18)29/h8-9,12-14,23,27H,5-7,10-11H2,1-4H3/t23-/m1/s1. The minimum absolute atomic E-state index is 0.0204. The summed E-state index contributed by atoms with van der Waals surface area (Å²) in [6.07, 6.45) is 3.18. The van der Waals surface area contributed by atoms with Gasteiger partial charge in [-0.2, -0.15) is 0 Å². The normalized spacial score (nSPS) is 18.6. The summed E-state index contributed by atoms with van der Waals surface area (Å²) in [4.78, 5) is 39.8. The Morgan fingerprint density at radius 1 is 1.18 bits per heavy atom. The van der Waals surface area contributed by atoms with E-state index in [4.69, 9.17) is 13.9 Å². The van der Waals surface area contributed by atoms with Crippen molar-refractivity contribution in [2.24, 2.45) is 0 Å². The van der Waals surface area contributed by atoms with Crippen molar-refractivity contribution in [3.63, 3.8) is 0 Å². The molecule has 4 rings (SSSR count). The highest BCUT2D eigenvalue weighted by Gasteiger charge is 2.40. The molecule has 0 radical (unpaired) electrons. The molecule has 0 bridgehead atoms. The van der Waals surface area contributed by atoms with Gasteiger partial charge in [-0.25, -0.2) is 4.79 Å². The zero-order valence-electron chi connectivity index (χ0n) is 19.4. The van der Waals surface area contributed by atoms with Gasteiger partial charge in [0.25, 0.3) is 0 Å². The Bertz CT molecular complexity index is 1230. The number of esters is 1. The molecular weight excluding hydrogens is 422 g/mol. The molecule has 1 aliphatic heterocycles. The summed E-state index contributed by atoms with van der Waals surface area (Å²) in [5.74, 6) is -1.49. The molecule has 0 fully saturated rings. The van der Waals surface area contributed by atoms with Gasteiger partial charge in [0.05, 0.1) is 35.9 Å². The second kappa shape index (κ2) is 9.35. The molecule has 33 heavy (non-hydrogen) atoms. The van der Waals surface area contributed by atoms with Gasteiger partial charge in [-0.3, -0.25) is 9.59 Å². The van der Waals surface area contributed by atoms with Crippen LogP contribution in [-0.2, 0) is 19.1 Å². The number of dihydropyridines is 1. The van der Waals surface area contributed by atoms with Crippen LogP contribution in [0, 0.1) is 6.92 Å². The van der Waals surface area contributed by atoms with Gasteiger partial charge in [0, 0.05) is 29.0 Å². The van der Waals surface area contributed by atoms with E-state index < -0.39 is 11.9 Å². The number of aryl methyl sites for hydroxylation is 1. The largest absolute Gasteiger partial charge is 0.464 e. The number of ether oxygens (including phenoxy) is 2. The molecule has 1 N–H and O–H groups in total. The number of allylic oxidation sites excluding steroid dienone is 3. The quantitative estimate of drug-likeness (QED) is 0.523. The highest BCUT2D eigenvalue weighted by Crippen LogP contribution is 2.41. The van der Waals surface area contributed by atoms with Crippen LogP contribution in [0.1, 0.15) is 57.1 Å². The summed E-state index contributed by atoms with van der Waals surface area (Å²) >= 11 is 0. The smallest absolute Gasteiger partial charge is 0.336 e. The molecule has 1 atom stereocenters. The summed E-state index contributed by atoms with van der Waals surface area (Å²) in [5, 5.41) is 3.65. The third-order valence-electron chi connectivity index (χ3n) is 6.03. The first-order valence-corrected chi connectivity index (χ1v) is 11.3. The van der Waals surface area contributed by atoms with E-state index in [0.717, 1.165) is 17.7 Å². The average Bonchev–Trinajstić information content (AvgIpc) is 2.76. The molecule has 0 amide bonds. The molecule has 1 aliphatic carbocycles. The van der Waals surface area contributed by atoms with Crippen molar-refractivity contribution < 1.29 is 23.5 Å². The zero-order valence-corrected chi connectivity index (χ0v) is 19.4. The molecule has 7 nitrogen and oxygen atoms in total. The van der Waals surface area contributed by atoms with Gasteiger partial charge < -0.3 is 19.2 Å². The van der Waals surface area contributed by atoms with E-state index in [1.54, 1.807) is 19.1 Å². The molecule has 2 aromatic rings. The van der Waals surface area contributed by atoms with Crippen molar-refractivity contribution in [3.05, 3.63) is 68.4 Å². The second-order valence-electron chi connectivity index (χ2n) is 8.84. The predicted octanol–water partition coefficient (Wildman–Crippen LogP) is 4.04. The van der Waals surface area contributed by atoms with Crippen LogP contribution in [0.5, 0.6) is 0 Å². The molecule has 0 unspecified atom stereocenters. The molecule has 1 aromatic heterocycles. The van der Waals surface area contributed by atoms with Crippen molar-refractivity contribution in [1.82, 2.24) is 5.32 Å². The van der Waals surface area contributed by atoms with Crippen LogP contribution in [0.15, 0.2) is 56.2 Å². The van der Waals surface area contributed by atoms with E-state index in [1.807, 2.05) is 26.8 Å². The predicted molar refractivity (Wildman–Crippen MR) is 124 cm³/mol. The highest BCUT2D eigenvalue weighted by atomic mass is 16.6. The average molecular weight is 452 g/mol. The van der Waals surface area contributed by atoms with Crippen LogP contribution in [0.3, 0.4) is 0 Å². The third kappa shape index (κ3) is 4.50. The fourth-order valence-electron chi connectivity index (χ4n) is 4.52. The van der Waals surface area contributed by atoms with Crippen LogP contribution in [-0.4, -0.2) is 31.1 Å². The maximum absolute atomic E-state index is 13.6.